The van der Waals surface area contributed by atoms with Gasteiger partial charge in [-0.15, -0.1) is 0 Å². The van der Waals surface area contributed by atoms with Crippen molar-refractivity contribution in [3.05, 3.63) is 59.9 Å². The summed E-state index contributed by atoms with van der Waals surface area (Å²) >= 11 is 0. The minimum atomic E-state index is -4.45. The van der Waals surface area contributed by atoms with E-state index in [-0.39, 0.29) is 17.3 Å². The molecular formula is C19H19F3N4O3. The molecule has 2 N–H and O–H groups in total. The molecule has 0 aliphatic carbocycles. The van der Waals surface area contributed by atoms with Crippen LogP contribution < -0.4 is 15.4 Å². The molecule has 0 radical (unpaired) electrons. The lowest BCUT2D eigenvalue weighted by molar-refractivity contribution is -0.154. The van der Waals surface area contributed by atoms with Crippen molar-refractivity contribution in [2.45, 2.75) is 26.1 Å². The Morgan fingerprint density at radius 1 is 1.31 bits per heavy atom. The third-order valence-electron chi connectivity index (χ3n) is 3.64. The Morgan fingerprint density at radius 2 is 2.03 bits per heavy atom. The molecule has 0 aliphatic heterocycles. The number of carbonyl (C=O) groups is 2. The van der Waals surface area contributed by atoms with Gasteiger partial charge in [-0.1, -0.05) is 12.6 Å². The molecule has 2 aromatic heterocycles. The summed E-state index contributed by atoms with van der Waals surface area (Å²) < 4.78 is 41.1. The van der Waals surface area contributed by atoms with Crippen LogP contribution in [0.5, 0.6) is 5.88 Å². The molecule has 0 bridgehead atoms. The lowest BCUT2D eigenvalue weighted by Gasteiger charge is -2.15. The number of carbonyl (C=O) groups excluding carboxylic acids is 2. The lowest BCUT2D eigenvalue weighted by atomic mass is 10.1. The van der Waals surface area contributed by atoms with Gasteiger partial charge in [-0.3, -0.25) is 9.59 Å². The Morgan fingerprint density at radius 3 is 2.62 bits per heavy atom. The maximum atomic E-state index is 12.5. The molecule has 2 amide bonds. The lowest BCUT2D eigenvalue weighted by Crippen LogP contribution is -2.27. The molecular weight excluding hydrogens is 389 g/mol. The van der Waals surface area contributed by atoms with Crippen molar-refractivity contribution in [1.29, 1.82) is 0 Å². The molecule has 0 saturated carbocycles. The normalized spacial score (nSPS) is 12.0. The van der Waals surface area contributed by atoms with Gasteiger partial charge in [-0.25, -0.2) is 9.97 Å². The van der Waals surface area contributed by atoms with Gasteiger partial charge in [-0.05, 0) is 37.6 Å². The van der Waals surface area contributed by atoms with E-state index in [9.17, 15) is 22.8 Å². The first kappa shape index (κ1) is 21.9. The Kier molecular flexibility index (Phi) is 6.92. The number of pyridine rings is 2. The quantitative estimate of drug-likeness (QED) is 0.686. The van der Waals surface area contributed by atoms with Gasteiger partial charge in [0.05, 0.1) is 6.04 Å². The second kappa shape index (κ2) is 9.18. The number of alkyl halides is 3. The van der Waals surface area contributed by atoms with Crippen LogP contribution in [-0.4, -0.2) is 34.6 Å². The van der Waals surface area contributed by atoms with Crippen LogP contribution in [-0.2, 0) is 4.79 Å². The van der Waals surface area contributed by atoms with Gasteiger partial charge >= 0.3 is 6.18 Å². The summed E-state index contributed by atoms with van der Waals surface area (Å²) in [6.07, 6.45) is -2.04. The van der Waals surface area contributed by atoms with Crippen molar-refractivity contribution in [1.82, 2.24) is 15.3 Å². The molecule has 2 heterocycles. The second-order valence-electron chi connectivity index (χ2n) is 6.10. The Hall–Kier alpha value is -3.43. The number of hydrogen-bond acceptors (Lipinski definition) is 5. The van der Waals surface area contributed by atoms with Crippen molar-refractivity contribution in [3.8, 4) is 5.88 Å². The summed E-state index contributed by atoms with van der Waals surface area (Å²) in [6.45, 7) is 5.29. The maximum absolute atomic E-state index is 12.5. The number of rotatable bonds is 7. The van der Waals surface area contributed by atoms with Crippen LogP contribution in [0.4, 0.5) is 19.0 Å². The fourth-order valence-electron chi connectivity index (χ4n) is 2.29. The topological polar surface area (TPSA) is 93.2 Å². The average Bonchev–Trinajstić information content (AvgIpc) is 2.65. The van der Waals surface area contributed by atoms with Crippen LogP contribution in [0.2, 0.25) is 0 Å². The Balaban J connectivity index is 2.05. The van der Waals surface area contributed by atoms with Crippen LogP contribution in [0.3, 0.4) is 0 Å². The molecule has 0 aliphatic rings. The minimum Gasteiger partial charge on any atom is -0.468 e. The van der Waals surface area contributed by atoms with E-state index in [0.717, 1.165) is 6.08 Å². The van der Waals surface area contributed by atoms with Crippen molar-refractivity contribution >= 4 is 17.6 Å². The van der Waals surface area contributed by atoms with Gasteiger partial charge in [0.15, 0.2) is 6.61 Å². The fourth-order valence-corrected chi connectivity index (χ4v) is 2.29. The largest absolute Gasteiger partial charge is 0.468 e. The molecule has 0 spiro atoms. The van der Waals surface area contributed by atoms with Crippen molar-refractivity contribution in [3.63, 3.8) is 0 Å². The second-order valence-corrected chi connectivity index (χ2v) is 6.10. The molecule has 2 aromatic rings. The molecule has 0 aromatic carbocycles. The van der Waals surface area contributed by atoms with Crippen LogP contribution in [0.1, 0.15) is 34.6 Å². The Labute approximate surface area is 165 Å². The molecule has 154 valence electrons. The van der Waals surface area contributed by atoms with Crippen LogP contribution in [0.25, 0.3) is 0 Å². The van der Waals surface area contributed by atoms with Crippen LogP contribution in [0, 0.1) is 6.92 Å². The third kappa shape index (κ3) is 6.91. The monoisotopic (exact) mass is 408 g/mol. The molecule has 1 unspecified atom stereocenters. The number of aromatic nitrogens is 2. The van der Waals surface area contributed by atoms with Crippen LogP contribution in [0.15, 0.2) is 43.1 Å². The van der Waals surface area contributed by atoms with E-state index in [2.05, 4.69) is 31.9 Å². The molecule has 0 fully saturated rings. The van der Waals surface area contributed by atoms with Gasteiger partial charge in [0.25, 0.3) is 5.91 Å². The zero-order chi connectivity index (χ0) is 21.6. The highest BCUT2D eigenvalue weighted by atomic mass is 19.4. The number of amides is 2. The summed E-state index contributed by atoms with van der Waals surface area (Å²) in [7, 11) is 0. The van der Waals surface area contributed by atoms with E-state index >= 15 is 0 Å². The zero-order valence-electron chi connectivity index (χ0n) is 15.7. The summed E-state index contributed by atoms with van der Waals surface area (Å²) in [5.41, 5.74) is 1.38. The molecule has 2 rings (SSSR count). The summed E-state index contributed by atoms with van der Waals surface area (Å²) in [5.74, 6) is -0.839. The van der Waals surface area contributed by atoms with E-state index in [4.69, 9.17) is 0 Å². The number of halogens is 3. The number of anilines is 1. The van der Waals surface area contributed by atoms with Gasteiger partial charge in [-0.2, -0.15) is 13.2 Å². The zero-order valence-corrected chi connectivity index (χ0v) is 15.7. The number of aryl methyl sites for hydroxylation is 1. The first-order valence-electron chi connectivity index (χ1n) is 8.46. The maximum Gasteiger partial charge on any atom is 0.422 e. The highest BCUT2D eigenvalue weighted by Crippen LogP contribution is 2.19. The predicted octanol–water partition coefficient (Wildman–Crippen LogP) is 3.34. The van der Waals surface area contributed by atoms with Crippen molar-refractivity contribution in [2.75, 3.05) is 11.9 Å². The summed E-state index contributed by atoms with van der Waals surface area (Å²) in [6, 6.07) is 5.30. The molecule has 1 atom stereocenters. The van der Waals surface area contributed by atoms with E-state index in [1.807, 2.05) is 0 Å². The molecule has 7 nitrogen and oxygen atoms in total. The van der Waals surface area contributed by atoms with Gasteiger partial charge in [0.1, 0.15) is 5.82 Å². The first-order chi connectivity index (χ1) is 13.6. The van der Waals surface area contributed by atoms with E-state index < -0.39 is 30.6 Å². The summed E-state index contributed by atoms with van der Waals surface area (Å²) in [5, 5.41) is 5.24. The molecule has 10 heteroatoms. The van der Waals surface area contributed by atoms with E-state index in [1.165, 1.54) is 24.4 Å². The van der Waals surface area contributed by atoms with Crippen molar-refractivity contribution in [2.24, 2.45) is 0 Å². The molecule has 0 saturated heterocycles. The first-order valence-corrected chi connectivity index (χ1v) is 8.46. The number of nitrogens with zero attached hydrogens (tertiary/aromatic N) is 2. The number of ether oxygens (including phenoxy) is 1. The number of hydrogen-bond donors (Lipinski definition) is 2. The standard InChI is InChI=1S/C19H19F3N4O3/c1-4-16(27)26-15-8-14(7-11(2)24-15)18(28)25-12(3)13-5-6-17(23-9-13)29-10-19(20,21)22/h4-9,12H,1,10H2,2-3H3,(H,25,28)(H,24,26,27). The fraction of sp³-hybridized carbons (Fsp3) is 0.263. The van der Waals surface area contributed by atoms with E-state index in [0.29, 0.717) is 11.3 Å². The molecule has 29 heavy (non-hydrogen) atoms. The van der Waals surface area contributed by atoms with E-state index in [1.54, 1.807) is 19.9 Å². The van der Waals surface area contributed by atoms with Gasteiger partial charge < -0.3 is 15.4 Å². The average molecular weight is 408 g/mol. The van der Waals surface area contributed by atoms with Gasteiger partial charge in [0.2, 0.25) is 11.8 Å². The highest BCUT2D eigenvalue weighted by molar-refractivity contribution is 6.00. The third-order valence-corrected chi connectivity index (χ3v) is 3.64. The minimum absolute atomic E-state index is 0.169. The van der Waals surface area contributed by atoms with Crippen LogP contribution >= 0.6 is 0 Å². The van der Waals surface area contributed by atoms with Crippen molar-refractivity contribution < 1.29 is 27.5 Å². The predicted molar refractivity (Wildman–Crippen MR) is 99.5 cm³/mol. The van der Waals surface area contributed by atoms with Gasteiger partial charge in [0, 0.05) is 23.5 Å². The highest BCUT2D eigenvalue weighted by Gasteiger charge is 2.28. The SMILES string of the molecule is C=CC(=O)Nc1cc(C(=O)NC(C)c2ccc(OCC(F)(F)F)nc2)cc(C)n1. The smallest absolute Gasteiger partial charge is 0.422 e. The summed E-state index contributed by atoms with van der Waals surface area (Å²) in [4.78, 5) is 31.9. The Bertz CT molecular complexity index is 899. The number of nitrogens with one attached hydrogen (secondary N) is 2.